The summed E-state index contributed by atoms with van der Waals surface area (Å²) in [5, 5.41) is 8.85. The standard InChI is InChI=1S/C15H16O5/c1-2-20-15(19)6-9-3-4-11-10(8-14(17)18)7-13(16)12(11)5-9/h3-5,10H,2,6-8H2,1H3,(H,17,18). The van der Waals surface area contributed by atoms with Gasteiger partial charge in [0, 0.05) is 17.9 Å². The first-order valence-corrected chi connectivity index (χ1v) is 6.54. The number of carboxylic acids is 1. The molecule has 2 rings (SSSR count). The van der Waals surface area contributed by atoms with Crippen molar-refractivity contribution in [3.05, 3.63) is 34.9 Å². The summed E-state index contributed by atoms with van der Waals surface area (Å²) in [4.78, 5) is 34.1. The third kappa shape index (κ3) is 3.04. The van der Waals surface area contributed by atoms with Gasteiger partial charge in [-0.3, -0.25) is 14.4 Å². The number of fused-ring (bicyclic) bond motifs is 1. The van der Waals surface area contributed by atoms with E-state index in [9.17, 15) is 14.4 Å². The molecule has 1 aliphatic carbocycles. The largest absolute Gasteiger partial charge is 0.481 e. The smallest absolute Gasteiger partial charge is 0.310 e. The second kappa shape index (κ2) is 5.86. The summed E-state index contributed by atoms with van der Waals surface area (Å²) in [6.45, 7) is 2.06. The van der Waals surface area contributed by atoms with Gasteiger partial charge in [0.1, 0.15) is 0 Å². The molecule has 1 aliphatic rings. The summed E-state index contributed by atoms with van der Waals surface area (Å²) < 4.78 is 4.86. The van der Waals surface area contributed by atoms with Gasteiger partial charge in [-0.25, -0.2) is 0 Å². The first-order valence-electron chi connectivity index (χ1n) is 6.54. The number of esters is 1. The minimum absolute atomic E-state index is 0.0457. The van der Waals surface area contributed by atoms with Gasteiger partial charge in [0.25, 0.3) is 0 Å². The topological polar surface area (TPSA) is 80.7 Å². The highest BCUT2D eigenvalue weighted by molar-refractivity contribution is 6.02. The van der Waals surface area contributed by atoms with Crippen LogP contribution in [0.2, 0.25) is 0 Å². The van der Waals surface area contributed by atoms with Crippen LogP contribution in [0.15, 0.2) is 18.2 Å². The highest BCUT2D eigenvalue weighted by atomic mass is 16.5. The van der Waals surface area contributed by atoms with Gasteiger partial charge in [0.05, 0.1) is 19.4 Å². The zero-order valence-corrected chi connectivity index (χ0v) is 11.2. The number of rotatable bonds is 5. The molecule has 5 heteroatoms. The lowest BCUT2D eigenvalue weighted by Gasteiger charge is -2.08. The predicted octanol–water partition coefficient (Wildman–Crippen LogP) is 1.94. The molecule has 1 N–H and O–H groups in total. The van der Waals surface area contributed by atoms with Gasteiger partial charge in [-0.15, -0.1) is 0 Å². The monoisotopic (exact) mass is 276 g/mol. The van der Waals surface area contributed by atoms with Crippen LogP contribution in [0.4, 0.5) is 0 Å². The average molecular weight is 276 g/mol. The molecule has 0 aliphatic heterocycles. The summed E-state index contributed by atoms with van der Waals surface area (Å²) in [5.74, 6) is -1.56. The number of Topliss-reactive ketones (excluding diaryl/α,β-unsaturated/α-hetero) is 1. The molecular formula is C15H16O5. The van der Waals surface area contributed by atoms with Crippen molar-refractivity contribution in [2.45, 2.75) is 32.1 Å². The molecule has 5 nitrogen and oxygen atoms in total. The molecule has 0 saturated carbocycles. The Kier molecular flexibility index (Phi) is 4.17. The number of aliphatic carboxylic acids is 1. The Bertz CT molecular complexity index is 561. The third-order valence-corrected chi connectivity index (χ3v) is 3.36. The van der Waals surface area contributed by atoms with Gasteiger partial charge in [-0.1, -0.05) is 12.1 Å². The fourth-order valence-corrected chi connectivity index (χ4v) is 2.53. The summed E-state index contributed by atoms with van der Waals surface area (Å²) in [5.41, 5.74) is 2.02. The molecule has 1 atom stereocenters. The SMILES string of the molecule is CCOC(=O)Cc1ccc2c(c1)C(=O)CC2CC(=O)O. The highest BCUT2D eigenvalue weighted by Crippen LogP contribution is 2.35. The van der Waals surface area contributed by atoms with Crippen LogP contribution >= 0.6 is 0 Å². The quantitative estimate of drug-likeness (QED) is 0.831. The van der Waals surface area contributed by atoms with Crippen molar-refractivity contribution in [1.29, 1.82) is 0 Å². The van der Waals surface area contributed by atoms with Crippen LogP contribution in [0.25, 0.3) is 0 Å². The molecule has 0 fully saturated rings. The van der Waals surface area contributed by atoms with Gasteiger partial charge in [0.15, 0.2) is 5.78 Å². The Morgan fingerprint density at radius 1 is 1.40 bits per heavy atom. The van der Waals surface area contributed by atoms with E-state index in [0.29, 0.717) is 17.7 Å². The van der Waals surface area contributed by atoms with Crippen LogP contribution in [-0.4, -0.2) is 29.4 Å². The summed E-state index contributed by atoms with van der Waals surface area (Å²) in [6, 6.07) is 5.18. The Labute approximate surface area is 116 Å². The second-order valence-corrected chi connectivity index (χ2v) is 4.83. The summed E-state index contributed by atoms with van der Waals surface area (Å²) >= 11 is 0. The minimum Gasteiger partial charge on any atom is -0.481 e. The fraction of sp³-hybridized carbons (Fsp3) is 0.400. The van der Waals surface area contributed by atoms with E-state index >= 15 is 0 Å². The maximum Gasteiger partial charge on any atom is 0.310 e. The highest BCUT2D eigenvalue weighted by Gasteiger charge is 2.31. The Morgan fingerprint density at radius 2 is 2.15 bits per heavy atom. The molecule has 1 unspecified atom stereocenters. The van der Waals surface area contributed by atoms with E-state index in [1.54, 1.807) is 25.1 Å². The van der Waals surface area contributed by atoms with Crippen molar-refractivity contribution in [2.24, 2.45) is 0 Å². The van der Waals surface area contributed by atoms with Crippen LogP contribution in [0.3, 0.4) is 0 Å². The Hall–Kier alpha value is -2.17. The first kappa shape index (κ1) is 14.2. The van der Waals surface area contributed by atoms with E-state index in [0.717, 1.165) is 5.56 Å². The number of carbonyl (C=O) groups is 3. The van der Waals surface area contributed by atoms with Crippen molar-refractivity contribution in [3.63, 3.8) is 0 Å². The van der Waals surface area contributed by atoms with Crippen LogP contribution < -0.4 is 0 Å². The zero-order valence-electron chi connectivity index (χ0n) is 11.2. The maximum absolute atomic E-state index is 11.9. The summed E-state index contributed by atoms with van der Waals surface area (Å²) in [7, 11) is 0. The number of benzene rings is 1. The molecule has 1 aromatic carbocycles. The number of hydrogen-bond acceptors (Lipinski definition) is 4. The zero-order chi connectivity index (χ0) is 14.7. The molecule has 0 bridgehead atoms. The lowest BCUT2D eigenvalue weighted by molar-refractivity contribution is -0.142. The molecule has 20 heavy (non-hydrogen) atoms. The number of ether oxygens (including phenoxy) is 1. The molecule has 0 aromatic heterocycles. The third-order valence-electron chi connectivity index (χ3n) is 3.36. The number of ketones is 1. The Balaban J connectivity index is 2.19. The van der Waals surface area contributed by atoms with Crippen molar-refractivity contribution < 1.29 is 24.2 Å². The molecule has 106 valence electrons. The van der Waals surface area contributed by atoms with E-state index in [2.05, 4.69) is 0 Å². The van der Waals surface area contributed by atoms with Crippen LogP contribution in [0, 0.1) is 0 Å². The van der Waals surface area contributed by atoms with Crippen molar-refractivity contribution >= 4 is 17.7 Å². The normalized spacial score (nSPS) is 16.9. The van der Waals surface area contributed by atoms with Crippen molar-refractivity contribution in [2.75, 3.05) is 6.61 Å². The number of hydrogen-bond donors (Lipinski definition) is 1. The minimum atomic E-state index is -0.911. The van der Waals surface area contributed by atoms with E-state index in [4.69, 9.17) is 9.84 Å². The van der Waals surface area contributed by atoms with Crippen molar-refractivity contribution in [1.82, 2.24) is 0 Å². The molecule has 0 spiro atoms. The van der Waals surface area contributed by atoms with Gasteiger partial charge < -0.3 is 9.84 Å². The lowest BCUT2D eigenvalue weighted by atomic mass is 9.96. The van der Waals surface area contributed by atoms with E-state index in [1.165, 1.54) is 0 Å². The molecule has 0 radical (unpaired) electrons. The molecule has 0 heterocycles. The number of carboxylic acid groups (broad SMARTS) is 1. The van der Waals surface area contributed by atoms with Crippen LogP contribution in [0.5, 0.6) is 0 Å². The first-order chi connectivity index (χ1) is 9.51. The molecule has 0 saturated heterocycles. The number of carbonyl (C=O) groups excluding carboxylic acids is 2. The maximum atomic E-state index is 11.9. The van der Waals surface area contributed by atoms with Gasteiger partial charge in [-0.05, 0) is 24.1 Å². The van der Waals surface area contributed by atoms with Gasteiger partial charge in [-0.2, -0.15) is 0 Å². The molecule has 0 amide bonds. The van der Waals surface area contributed by atoms with Gasteiger partial charge in [0.2, 0.25) is 0 Å². The summed E-state index contributed by atoms with van der Waals surface area (Å²) in [6.07, 6.45) is 0.304. The second-order valence-electron chi connectivity index (χ2n) is 4.83. The average Bonchev–Trinajstić information content (AvgIpc) is 2.65. The van der Waals surface area contributed by atoms with Crippen LogP contribution in [-0.2, 0) is 20.7 Å². The Morgan fingerprint density at radius 3 is 2.80 bits per heavy atom. The van der Waals surface area contributed by atoms with Crippen LogP contribution in [0.1, 0.15) is 47.2 Å². The van der Waals surface area contributed by atoms with E-state index in [1.807, 2.05) is 0 Å². The van der Waals surface area contributed by atoms with E-state index < -0.39 is 5.97 Å². The van der Waals surface area contributed by atoms with Gasteiger partial charge >= 0.3 is 11.9 Å². The molecular weight excluding hydrogens is 260 g/mol. The predicted molar refractivity (Wildman–Crippen MR) is 70.7 cm³/mol. The lowest BCUT2D eigenvalue weighted by Crippen LogP contribution is -2.08. The fourth-order valence-electron chi connectivity index (χ4n) is 2.53. The molecule has 1 aromatic rings. The van der Waals surface area contributed by atoms with E-state index in [-0.39, 0.29) is 36.9 Å². The van der Waals surface area contributed by atoms with Crippen molar-refractivity contribution in [3.8, 4) is 0 Å².